The molecule has 4 fully saturated rings. The van der Waals surface area contributed by atoms with Crippen LogP contribution >= 0.6 is 0 Å². The predicted molar refractivity (Wildman–Crippen MR) is 114 cm³/mol. The van der Waals surface area contributed by atoms with Crippen LogP contribution in [0.5, 0.6) is 0 Å². The lowest BCUT2D eigenvalue weighted by molar-refractivity contribution is -0.162. The standard InChI is InChI=1S/C24H42O2Si/c1-16-14-17-15-18(25)8-11-22(17,2)19-9-12-23(3)20(21(16)19)10-13-24(23,4)26-27(5,6)7/h16-17,19-21H,8-15H2,1-7H3/t16?,17-,19?,20?,21?,22?,23?,24+/m1/s1. The van der Waals surface area contributed by atoms with Gasteiger partial charge in [-0.05, 0) is 106 Å². The SMILES string of the molecule is CC1C[C@@H]2CC(=O)CCC2(C)C2CCC3(C)C(CC[C@]3(C)O[Si](C)(C)C)C12. The Morgan fingerprint density at radius 3 is 2.33 bits per heavy atom. The van der Waals surface area contributed by atoms with Crippen molar-refractivity contribution in [1.82, 2.24) is 0 Å². The second-order valence-electron chi connectivity index (χ2n) is 12.4. The maximum atomic E-state index is 12.2. The fraction of sp³-hybridized carbons (Fsp3) is 0.958. The van der Waals surface area contributed by atoms with E-state index in [4.69, 9.17) is 4.43 Å². The molecule has 8 atom stereocenters. The molecular weight excluding hydrogens is 348 g/mol. The molecule has 0 aromatic rings. The molecule has 154 valence electrons. The van der Waals surface area contributed by atoms with Crippen molar-refractivity contribution in [3.05, 3.63) is 0 Å². The highest BCUT2D eigenvalue weighted by atomic mass is 28.4. The molecule has 0 saturated heterocycles. The third-order valence-electron chi connectivity index (χ3n) is 9.90. The van der Waals surface area contributed by atoms with E-state index in [1.807, 2.05) is 0 Å². The molecule has 0 amide bonds. The van der Waals surface area contributed by atoms with Crippen molar-refractivity contribution < 1.29 is 9.22 Å². The molecular formula is C24H42O2Si. The Labute approximate surface area is 168 Å². The van der Waals surface area contributed by atoms with E-state index in [0.29, 0.717) is 22.5 Å². The largest absolute Gasteiger partial charge is 0.412 e. The number of carbonyl (C=O) groups is 1. The molecule has 0 aliphatic heterocycles. The van der Waals surface area contributed by atoms with Gasteiger partial charge in [-0.15, -0.1) is 0 Å². The normalized spacial score (nSPS) is 52.9. The molecule has 4 aliphatic rings. The monoisotopic (exact) mass is 390 g/mol. The highest BCUT2D eigenvalue weighted by molar-refractivity contribution is 6.69. The van der Waals surface area contributed by atoms with Crippen LogP contribution in [0.2, 0.25) is 19.6 Å². The van der Waals surface area contributed by atoms with Gasteiger partial charge in [0.25, 0.3) is 0 Å². The zero-order valence-corrected chi connectivity index (χ0v) is 19.9. The molecule has 0 heterocycles. The van der Waals surface area contributed by atoms with Crippen molar-refractivity contribution in [1.29, 1.82) is 0 Å². The van der Waals surface area contributed by atoms with Gasteiger partial charge in [0.2, 0.25) is 0 Å². The van der Waals surface area contributed by atoms with Crippen molar-refractivity contribution in [3.63, 3.8) is 0 Å². The first-order valence-corrected chi connectivity index (χ1v) is 15.0. The Morgan fingerprint density at radius 1 is 1.00 bits per heavy atom. The third kappa shape index (κ3) is 2.93. The van der Waals surface area contributed by atoms with Crippen LogP contribution in [0, 0.1) is 40.4 Å². The minimum absolute atomic E-state index is 0.0626. The van der Waals surface area contributed by atoms with Gasteiger partial charge in [-0.2, -0.15) is 0 Å². The van der Waals surface area contributed by atoms with Crippen molar-refractivity contribution in [2.45, 2.75) is 104 Å². The summed E-state index contributed by atoms with van der Waals surface area (Å²) in [6.45, 7) is 17.2. The fourth-order valence-corrected chi connectivity index (χ4v) is 10.2. The Bertz CT molecular complexity index is 624. The van der Waals surface area contributed by atoms with Crippen LogP contribution in [0.3, 0.4) is 0 Å². The van der Waals surface area contributed by atoms with E-state index in [9.17, 15) is 4.79 Å². The molecule has 0 aromatic carbocycles. The van der Waals surface area contributed by atoms with Crippen LogP contribution in [0.25, 0.3) is 0 Å². The van der Waals surface area contributed by atoms with E-state index >= 15 is 0 Å². The number of ketones is 1. The van der Waals surface area contributed by atoms with Gasteiger partial charge < -0.3 is 4.43 Å². The van der Waals surface area contributed by atoms with Crippen LogP contribution in [0.4, 0.5) is 0 Å². The van der Waals surface area contributed by atoms with Crippen molar-refractivity contribution in [2.24, 2.45) is 40.4 Å². The summed E-state index contributed by atoms with van der Waals surface area (Å²) >= 11 is 0. The number of rotatable bonds is 2. The fourth-order valence-electron chi connectivity index (χ4n) is 8.50. The Kier molecular flexibility index (Phi) is 4.60. The van der Waals surface area contributed by atoms with Crippen LogP contribution in [-0.4, -0.2) is 19.7 Å². The molecule has 6 unspecified atom stereocenters. The third-order valence-corrected chi connectivity index (χ3v) is 11.0. The van der Waals surface area contributed by atoms with Gasteiger partial charge in [-0.1, -0.05) is 20.8 Å². The molecule has 27 heavy (non-hydrogen) atoms. The predicted octanol–water partition coefficient (Wildman–Crippen LogP) is 6.45. The summed E-state index contributed by atoms with van der Waals surface area (Å²) in [6, 6.07) is 0. The number of fused-ring (bicyclic) bond motifs is 5. The molecule has 0 bridgehead atoms. The summed E-state index contributed by atoms with van der Waals surface area (Å²) < 4.78 is 6.91. The zero-order valence-electron chi connectivity index (χ0n) is 18.9. The van der Waals surface area contributed by atoms with Gasteiger partial charge in [0, 0.05) is 12.8 Å². The highest BCUT2D eigenvalue weighted by Crippen LogP contribution is 2.69. The van der Waals surface area contributed by atoms with Gasteiger partial charge >= 0.3 is 0 Å². The molecule has 2 nitrogen and oxygen atoms in total. The van der Waals surface area contributed by atoms with Gasteiger partial charge in [-0.3, -0.25) is 4.79 Å². The average Bonchev–Trinajstić information content (AvgIpc) is 2.79. The van der Waals surface area contributed by atoms with E-state index in [1.54, 1.807) is 0 Å². The molecule has 0 N–H and O–H groups in total. The van der Waals surface area contributed by atoms with Crippen LogP contribution in [0.15, 0.2) is 0 Å². The summed E-state index contributed by atoms with van der Waals surface area (Å²) in [6.07, 6.45) is 9.40. The summed E-state index contributed by atoms with van der Waals surface area (Å²) in [5.41, 5.74) is 0.800. The highest BCUT2D eigenvalue weighted by Gasteiger charge is 2.65. The Hall–Kier alpha value is -0.153. The summed E-state index contributed by atoms with van der Waals surface area (Å²) in [5, 5.41) is 0. The number of Topliss-reactive ketones (excluding diaryl/α,β-unsaturated/α-hetero) is 1. The quantitative estimate of drug-likeness (QED) is 0.506. The van der Waals surface area contributed by atoms with Crippen molar-refractivity contribution >= 4 is 14.1 Å². The molecule has 0 radical (unpaired) electrons. The number of hydrogen-bond acceptors (Lipinski definition) is 2. The van der Waals surface area contributed by atoms with Crippen LogP contribution in [0.1, 0.15) is 79.1 Å². The smallest absolute Gasteiger partial charge is 0.184 e. The van der Waals surface area contributed by atoms with E-state index in [-0.39, 0.29) is 5.60 Å². The van der Waals surface area contributed by atoms with Crippen molar-refractivity contribution in [2.75, 3.05) is 0 Å². The molecule has 4 saturated carbocycles. The van der Waals surface area contributed by atoms with E-state index in [1.165, 1.54) is 32.1 Å². The summed E-state index contributed by atoms with van der Waals surface area (Å²) in [4.78, 5) is 12.2. The first-order chi connectivity index (χ1) is 12.4. The Morgan fingerprint density at radius 2 is 1.67 bits per heavy atom. The lowest BCUT2D eigenvalue weighted by atomic mass is 9.42. The topological polar surface area (TPSA) is 26.3 Å². The average molecular weight is 391 g/mol. The van der Waals surface area contributed by atoms with E-state index in [0.717, 1.165) is 42.9 Å². The minimum Gasteiger partial charge on any atom is -0.412 e. The molecule has 0 aromatic heterocycles. The maximum absolute atomic E-state index is 12.2. The lowest BCUT2D eigenvalue weighted by Gasteiger charge is -2.63. The molecule has 3 heteroatoms. The van der Waals surface area contributed by atoms with Gasteiger partial charge in [0.05, 0.1) is 5.60 Å². The van der Waals surface area contributed by atoms with Crippen LogP contribution < -0.4 is 0 Å². The number of carbonyl (C=O) groups excluding carboxylic acids is 1. The maximum Gasteiger partial charge on any atom is 0.184 e. The van der Waals surface area contributed by atoms with Crippen LogP contribution in [-0.2, 0) is 9.22 Å². The first kappa shape index (κ1) is 20.1. The number of hydrogen-bond donors (Lipinski definition) is 0. The lowest BCUT2D eigenvalue weighted by Crippen LogP contribution is -2.59. The summed E-state index contributed by atoms with van der Waals surface area (Å²) in [7, 11) is -1.57. The molecule has 4 aliphatic carbocycles. The molecule has 0 spiro atoms. The first-order valence-electron chi connectivity index (χ1n) is 11.6. The summed E-state index contributed by atoms with van der Waals surface area (Å²) in [5.74, 6) is 4.41. The van der Waals surface area contributed by atoms with Crippen molar-refractivity contribution in [3.8, 4) is 0 Å². The second-order valence-corrected chi connectivity index (χ2v) is 16.8. The van der Waals surface area contributed by atoms with E-state index < -0.39 is 8.32 Å². The zero-order chi connectivity index (χ0) is 19.8. The van der Waals surface area contributed by atoms with Gasteiger partial charge in [0.1, 0.15) is 5.78 Å². The Balaban J connectivity index is 1.66. The molecule has 4 rings (SSSR count). The minimum atomic E-state index is -1.57. The second kappa shape index (κ2) is 6.17. The van der Waals surface area contributed by atoms with Gasteiger partial charge in [-0.25, -0.2) is 0 Å². The van der Waals surface area contributed by atoms with Gasteiger partial charge in [0.15, 0.2) is 8.32 Å². The van der Waals surface area contributed by atoms with E-state index in [2.05, 4.69) is 47.3 Å².